The van der Waals surface area contributed by atoms with E-state index in [1.54, 1.807) is 14.2 Å². The van der Waals surface area contributed by atoms with E-state index in [0.29, 0.717) is 15.6 Å². The second-order valence-electron chi connectivity index (χ2n) is 4.48. The number of nitrogens with zero attached hydrogens (tertiary/aromatic N) is 1. The van der Waals surface area contributed by atoms with E-state index in [1.165, 1.54) is 0 Å². The van der Waals surface area contributed by atoms with Gasteiger partial charge in [0.2, 0.25) is 0 Å². The van der Waals surface area contributed by atoms with Crippen LogP contribution in [0.2, 0.25) is 5.02 Å². The Hall–Kier alpha value is -0.880. The summed E-state index contributed by atoms with van der Waals surface area (Å²) >= 11 is 11.1. The summed E-state index contributed by atoms with van der Waals surface area (Å²) < 4.78 is 10.8. The molecule has 19 heavy (non-hydrogen) atoms. The topological polar surface area (TPSA) is 47.7 Å². The van der Waals surface area contributed by atoms with Crippen LogP contribution in [0.25, 0.3) is 0 Å². The number of halogens is 1. The van der Waals surface area contributed by atoms with Crippen LogP contribution in [-0.4, -0.2) is 44.5 Å². The molecule has 0 aromatic heterocycles. The van der Waals surface area contributed by atoms with Gasteiger partial charge in [0, 0.05) is 38.6 Å². The number of ether oxygens (including phenoxy) is 2. The molecular weight excluding hydrogens is 284 g/mol. The summed E-state index contributed by atoms with van der Waals surface area (Å²) in [5.74, 6) is 0. The van der Waals surface area contributed by atoms with E-state index < -0.39 is 0 Å². The van der Waals surface area contributed by atoms with Gasteiger partial charge in [0.15, 0.2) is 0 Å². The van der Waals surface area contributed by atoms with Crippen molar-refractivity contribution in [3.63, 3.8) is 0 Å². The molecule has 1 aromatic carbocycles. The Morgan fingerprint density at radius 3 is 2.32 bits per heavy atom. The third kappa shape index (κ3) is 3.00. The summed E-state index contributed by atoms with van der Waals surface area (Å²) in [4.78, 5) is 2.49. The van der Waals surface area contributed by atoms with Crippen molar-refractivity contribution < 1.29 is 9.47 Å². The highest BCUT2D eigenvalue weighted by molar-refractivity contribution is 7.80. The molecule has 0 radical (unpaired) electrons. The Bertz CT molecular complexity index is 472. The van der Waals surface area contributed by atoms with Crippen LogP contribution in [0.5, 0.6) is 0 Å². The summed E-state index contributed by atoms with van der Waals surface area (Å²) in [5.41, 5.74) is 7.32. The van der Waals surface area contributed by atoms with Gasteiger partial charge in [-0.15, -0.1) is 0 Å². The van der Waals surface area contributed by atoms with Crippen molar-refractivity contribution in [3.05, 3.63) is 28.8 Å². The third-order valence-electron chi connectivity index (χ3n) is 3.40. The molecule has 1 fully saturated rings. The molecule has 6 heteroatoms. The van der Waals surface area contributed by atoms with Crippen molar-refractivity contribution in [2.75, 3.05) is 32.2 Å². The van der Waals surface area contributed by atoms with Crippen molar-refractivity contribution in [1.82, 2.24) is 0 Å². The van der Waals surface area contributed by atoms with E-state index >= 15 is 0 Å². The molecule has 1 aliphatic heterocycles. The zero-order valence-electron chi connectivity index (χ0n) is 10.9. The van der Waals surface area contributed by atoms with E-state index in [1.807, 2.05) is 18.2 Å². The van der Waals surface area contributed by atoms with E-state index in [-0.39, 0.29) is 12.2 Å². The standard InChI is InChI=1S/C13H17ClN2O2S/c1-17-11-6-16(7-12(11)18-2)8-3-4-9(13(15)19)10(14)5-8/h3-5,11-12H,6-7H2,1-2H3,(H2,15,19). The van der Waals surface area contributed by atoms with Crippen LogP contribution in [0, 0.1) is 0 Å². The minimum absolute atomic E-state index is 0.0686. The smallest absolute Gasteiger partial charge is 0.105 e. The number of rotatable bonds is 4. The largest absolute Gasteiger partial charge is 0.389 e. The van der Waals surface area contributed by atoms with Crippen molar-refractivity contribution in [3.8, 4) is 0 Å². The molecule has 0 bridgehead atoms. The normalized spacial score (nSPS) is 22.8. The second-order valence-corrected chi connectivity index (χ2v) is 5.33. The van der Waals surface area contributed by atoms with Gasteiger partial charge in [-0.05, 0) is 18.2 Å². The highest BCUT2D eigenvalue weighted by Gasteiger charge is 2.33. The van der Waals surface area contributed by atoms with Gasteiger partial charge in [0.05, 0.1) is 5.02 Å². The zero-order chi connectivity index (χ0) is 14.0. The van der Waals surface area contributed by atoms with Crippen LogP contribution >= 0.6 is 23.8 Å². The average molecular weight is 301 g/mol. The quantitative estimate of drug-likeness (QED) is 0.860. The van der Waals surface area contributed by atoms with Crippen LogP contribution in [0.15, 0.2) is 18.2 Å². The van der Waals surface area contributed by atoms with Crippen LogP contribution in [-0.2, 0) is 9.47 Å². The summed E-state index contributed by atoms with van der Waals surface area (Å²) in [5, 5.41) is 0.569. The lowest BCUT2D eigenvalue weighted by molar-refractivity contribution is -0.00461. The average Bonchev–Trinajstić information content (AvgIpc) is 2.81. The fraction of sp³-hybridized carbons (Fsp3) is 0.462. The van der Waals surface area contributed by atoms with E-state index in [0.717, 1.165) is 18.8 Å². The molecule has 1 aliphatic rings. The van der Waals surface area contributed by atoms with Gasteiger partial charge < -0.3 is 20.1 Å². The van der Waals surface area contributed by atoms with Crippen LogP contribution in [0.4, 0.5) is 5.69 Å². The SMILES string of the molecule is COC1CN(c2ccc(C(N)=S)c(Cl)c2)CC1OC. The Labute approximate surface area is 123 Å². The van der Waals surface area contributed by atoms with Gasteiger partial charge in [-0.1, -0.05) is 23.8 Å². The van der Waals surface area contributed by atoms with E-state index in [9.17, 15) is 0 Å². The van der Waals surface area contributed by atoms with Gasteiger partial charge in [-0.2, -0.15) is 0 Å². The lowest BCUT2D eigenvalue weighted by atomic mass is 10.2. The summed E-state index contributed by atoms with van der Waals surface area (Å²) in [6, 6.07) is 5.69. The second kappa shape index (κ2) is 6.05. The van der Waals surface area contributed by atoms with E-state index in [2.05, 4.69) is 4.90 Å². The monoisotopic (exact) mass is 300 g/mol. The lowest BCUT2D eigenvalue weighted by Gasteiger charge is -2.19. The molecule has 1 heterocycles. The van der Waals surface area contributed by atoms with Crippen molar-refractivity contribution >= 4 is 34.5 Å². The van der Waals surface area contributed by atoms with Crippen molar-refractivity contribution in [1.29, 1.82) is 0 Å². The number of nitrogens with two attached hydrogens (primary N) is 1. The minimum atomic E-state index is 0.0686. The summed E-state index contributed by atoms with van der Waals surface area (Å²) in [7, 11) is 3.40. The molecule has 0 saturated carbocycles. The molecule has 1 aromatic rings. The van der Waals surface area contributed by atoms with Crippen LogP contribution in [0.1, 0.15) is 5.56 Å². The molecule has 104 valence electrons. The predicted octanol–water partition coefficient (Wildman–Crippen LogP) is 1.82. The first kappa shape index (κ1) is 14.5. The maximum absolute atomic E-state index is 6.19. The number of methoxy groups -OCH3 is 2. The maximum atomic E-state index is 6.19. The van der Waals surface area contributed by atoms with Gasteiger partial charge in [0.25, 0.3) is 0 Å². The van der Waals surface area contributed by atoms with Gasteiger partial charge in [0.1, 0.15) is 17.2 Å². The number of benzene rings is 1. The fourth-order valence-electron chi connectivity index (χ4n) is 2.31. The van der Waals surface area contributed by atoms with Gasteiger partial charge in [-0.25, -0.2) is 0 Å². The summed E-state index contributed by atoms with van der Waals surface area (Å²) in [6.45, 7) is 1.55. The van der Waals surface area contributed by atoms with Crippen molar-refractivity contribution in [2.24, 2.45) is 5.73 Å². The number of hydrogen-bond acceptors (Lipinski definition) is 4. The first-order valence-corrected chi connectivity index (χ1v) is 6.75. The highest BCUT2D eigenvalue weighted by atomic mass is 35.5. The van der Waals surface area contributed by atoms with Crippen molar-refractivity contribution in [2.45, 2.75) is 12.2 Å². The lowest BCUT2D eigenvalue weighted by Crippen LogP contribution is -2.27. The molecule has 0 spiro atoms. The zero-order valence-corrected chi connectivity index (χ0v) is 12.5. The van der Waals surface area contributed by atoms with Gasteiger partial charge >= 0.3 is 0 Å². The Morgan fingerprint density at radius 2 is 1.89 bits per heavy atom. The molecule has 0 aliphatic carbocycles. The number of anilines is 1. The molecule has 2 unspecified atom stereocenters. The first-order valence-electron chi connectivity index (χ1n) is 5.96. The molecule has 2 N–H and O–H groups in total. The Balaban J connectivity index is 2.20. The van der Waals surface area contributed by atoms with Crippen LogP contribution in [0.3, 0.4) is 0 Å². The Morgan fingerprint density at radius 1 is 1.32 bits per heavy atom. The van der Waals surface area contributed by atoms with Crippen LogP contribution < -0.4 is 10.6 Å². The molecule has 4 nitrogen and oxygen atoms in total. The Kier molecular flexibility index (Phi) is 4.62. The minimum Gasteiger partial charge on any atom is -0.389 e. The van der Waals surface area contributed by atoms with E-state index in [4.69, 9.17) is 39.0 Å². The maximum Gasteiger partial charge on any atom is 0.105 e. The van der Waals surface area contributed by atoms with Gasteiger partial charge in [-0.3, -0.25) is 0 Å². The number of hydrogen-bond donors (Lipinski definition) is 1. The summed E-state index contributed by atoms with van der Waals surface area (Å²) in [6.07, 6.45) is 0.137. The third-order valence-corrected chi connectivity index (χ3v) is 3.94. The first-order chi connectivity index (χ1) is 9.06. The highest BCUT2D eigenvalue weighted by Crippen LogP contribution is 2.28. The number of thiocarbonyl (C=S) groups is 1. The molecular formula is C13H17ClN2O2S. The molecule has 2 atom stereocenters. The molecule has 1 saturated heterocycles. The fourth-order valence-corrected chi connectivity index (χ4v) is 2.82. The molecule has 0 amide bonds. The predicted molar refractivity (Wildman–Crippen MR) is 81.1 cm³/mol. The molecule has 2 rings (SSSR count).